The van der Waals surface area contributed by atoms with Crippen molar-refractivity contribution in [3.63, 3.8) is 0 Å². The van der Waals surface area contributed by atoms with Crippen LogP contribution in [0.25, 0.3) is 15.9 Å². The number of benzene rings is 2. The summed E-state index contributed by atoms with van der Waals surface area (Å²) in [7, 11) is 0. The average Bonchev–Trinajstić information content (AvgIpc) is 3.07. The number of hydrogen-bond acceptors (Lipinski definition) is 4. The van der Waals surface area contributed by atoms with Crippen molar-refractivity contribution >= 4 is 33.1 Å². The molecule has 0 unspecified atom stereocenters. The number of nitrogens with zero attached hydrogens (tertiary/aromatic N) is 2. The predicted octanol–water partition coefficient (Wildman–Crippen LogP) is 4.80. The van der Waals surface area contributed by atoms with E-state index in [2.05, 4.69) is 5.32 Å². The molecule has 1 amide bonds. The molecule has 34 heavy (non-hydrogen) atoms. The molecule has 2 heterocycles. The van der Waals surface area contributed by atoms with E-state index >= 15 is 0 Å². The lowest BCUT2D eigenvalue weighted by Crippen LogP contribution is -2.40. The van der Waals surface area contributed by atoms with Crippen molar-refractivity contribution in [2.24, 2.45) is 0 Å². The Morgan fingerprint density at radius 1 is 1.03 bits per heavy atom. The van der Waals surface area contributed by atoms with Gasteiger partial charge in [-0.2, -0.15) is 13.2 Å². The average molecular weight is 488 g/mol. The van der Waals surface area contributed by atoms with E-state index in [4.69, 9.17) is 0 Å². The third-order valence-electron chi connectivity index (χ3n) is 5.60. The van der Waals surface area contributed by atoms with Crippen LogP contribution in [0.5, 0.6) is 0 Å². The summed E-state index contributed by atoms with van der Waals surface area (Å²) in [5.41, 5.74) is -0.818. The zero-order chi connectivity index (χ0) is 24.8. The highest BCUT2D eigenvalue weighted by atomic mass is 32.1. The maximum absolute atomic E-state index is 13.4. The first-order valence-electron chi connectivity index (χ1n) is 10.3. The first-order valence-corrected chi connectivity index (χ1v) is 11.1. The molecule has 4 rings (SSSR count). The molecule has 0 aliphatic carbocycles. The molecule has 10 heteroatoms. The summed E-state index contributed by atoms with van der Waals surface area (Å²) in [5, 5.41) is 2.94. The van der Waals surface area contributed by atoms with Crippen LogP contribution in [0.4, 0.5) is 18.9 Å². The quantitative estimate of drug-likeness (QED) is 0.450. The van der Waals surface area contributed by atoms with Crippen molar-refractivity contribution in [3.05, 3.63) is 90.9 Å². The second-order valence-electron chi connectivity index (χ2n) is 7.88. The molecule has 1 N–H and O–H groups in total. The molecule has 2 aromatic carbocycles. The van der Waals surface area contributed by atoms with Crippen molar-refractivity contribution in [2.45, 2.75) is 33.5 Å². The standard InChI is InChI=1S/C24H20F3N3O3S/c1-13-7-4-5-10-18(13)28-19(31)12-29-22-20(14(2)15(3)34-22)21(32)30(23(29)33)17-9-6-8-16(11-17)24(25,26)27/h4-11H,12H2,1-3H3,(H,28,31). The van der Waals surface area contributed by atoms with Gasteiger partial charge in [-0.1, -0.05) is 24.3 Å². The summed E-state index contributed by atoms with van der Waals surface area (Å²) in [6.07, 6.45) is -4.65. The number of carbonyl (C=O) groups excluding carboxylic acids is 1. The van der Waals surface area contributed by atoms with E-state index in [0.717, 1.165) is 33.2 Å². The minimum absolute atomic E-state index is 0.197. The molecule has 176 valence electrons. The van der Waals surface area contributed by atoms with Crippen molar-refractivity contribution in [1.82, 2.24) is 9.13 Å². The van der Waals surface area contributed by atoms with Crippen LogP contribution in [-0.4, -0.2) is 15.0 Å². The zero-order valence-electron chi connectivity index (χ0n) is 18.5. The number of fused-ring (bicyclic) bond motifs is 1. The van der Waals surface area contributed by atoms with Gasteiger partial charge >= 0.3 is 11.9 Å². The number of alkyl halides is 3. The fourth-order valence-electron chi connectivity index (χ4n) is 3.69. The van der Waals surface area contributed by atoms with Gasteiger partial charge in [0.05, 0.1) is 16.6 Å². The van der Waals surface area contributed by atoms with Crippen LogP contribution in [-0.2, 0) is 17.5 Å². The number of aromatic nitrogens is 2. The molecule has 0 spiro atoms. The zero-order valence-corrected chi connectivity index (χ0v) is 19.3. The summed E-state index contributed by atoms with van der Waals surface area (Å²) in [4.78, 5) is 40.6. The predicted molar refractivity (Wildman–Crippen MR) is 126 cm³/mol. The van der Waals surface area contributed by atoms with Crippen molar-refractivity contribution < 1.29 is 18.0 Å². The number of amides is 1. The lowest BCUT2D eigenvalue weighted by atomic mass is 10.2. The van der Waals surface area contributed by atoms with Crippen LogP contribution in [0.1, 0.15) is 21.6 Å². The lowest BCUT2D eigenvalue weighted by Gasteiger charge is -2.14. The maximum Gasteiger partial charge on any atom is 0.416 e. The molecule has 0 atom stereocenters. The van der Waals surface area contributed by atoms with Crippen LogP contribution in [0.15, 0.2) is 58.1 Å². The smallest absolute Gasteiger partial charge is 0.324 e. The number of halogens is 3. The van der Waals surface area contributed by atoms with E-state index in [1.54, 1.807) is 26.0 Å². The molecule has 0 aliphatic rings. The SMILES string of the molecule is Cc1ccccc1NC(=O)Cn1c(=O)n(-c2cccc(C(F)(F)F)c2)c(=O)c2c(C)c(C)sc21. The Kier molecular flexibility index (Phi) is 5.94. The highest BCUT2D eigenvalue weighted by Gasteiger charge is 2.31. The fraction of sp³-hybridized carbons (Fsp3) is 0.208. The third-order valence-corrected chi connectivity index (χ3v) is 6.83. The summed E-state index contributed by atoms with van der Waals surface area (Å²) in [5.74, 6) is -0.504. The van der Waals surface area contributed by atoms with Gasteiger partial charge in [-0.15, -0.1) is 11.3 Å². The first kappa shape index (κ1) is 23.5. The van der Waals surface area contributed by atoms with E-state index in [1.807, 2.05) is 19.1 Å². The highest BCUT2D eigenvalue weighted by Crippen LogP contribution is 2.31. The van der Waals surface area contributed by atoms with Crippen molar-refractivity contribution in [2.75, 3.05) is 5.32 Å². The fourth-order valence-corrected chi connectivity index (χ4v) is 4.83. The van der Waals surface area contributed by atoms with Crippen LogP contribution in [0.2, 0.25) is 0 Å². The van der Waals surface area contributed by atoms with Crippen LogP contribution >= 0.6 is 11.3 Å². The number of rotatable bonds is 4. The molecule has 0 fully saturated rings. The van der Waals surface area contributed by atoms with E-state index < -0.39 is 35.4 Å². The Morgan fingerprint density at radius 3 is 2.41 bits per heavy atom. The third kappa shape index (κ3) is 4.16. The van der Waals surface area contributed by atoms with Gasteiger partial charge in [-0.25, -0.2) is 9.36 Å². The lowest BCUT2D eigenvalue weighted by molar-refractivity contribution is -0.137. The number of aryl methyl sites for hydroxylation is 3. The summed E-state index contributed by atoms with van der Waals surface area (Å²) in [6, 6.07) is 11.1. The Hall–Kier alpha value is -3.66. The molecule has 0 radical (unpaired) electrons. The summed E-state index contributed by atoms with van der Waals surface area (Å²) < 4.78 is 41.6. The molecule has 0 saturated carbocycles. The number of thiophene rings is 1. The van der Waals surface area contributed by atoms with Gasteiger partial charge in [0, 0.05) is 10.6 Å². The van der Waals surface area contributed by atoms with Gasteiger partial charge in [-0.3, -0.25) is 14.2 Å². The Morgan fingerprint density at radius 2 is 1.74 bits per heavy atom. The molecule has 6 nitrogen and oxygen atoms in total. The van der Waals surface area contributed by atoms with Gasteiger partial charge in [0.2, 0.25) is 5.91 Å². The van der Waals surface area contributed by atoms with Gasteiger partial charge in [0.15, 0.2) is 0 Å². The van der Waals surface area contributed by atoms with Gasteiger partial charge in [-0.05, 0) is 56.2 Å². The number of hydrogen-bond donors (Lipinski definition) is 1. The van der Waals surface area contributed by atoms with E-state index in [-0.39, 0.29) is 11.1 Å². The molecule has 2 aromatic heterocycles. The Labute approximate surface area is 195 Å². The molecule has 0 bridgehead atoms. The second kappa shape index (κ2) is 8.60. The summed E-state index contributed by atoms with van der Waals surface area (Å²) >= 11 is 1.19. The highest BCUT2D eigenvalue weighted by molar-refractivity contribution is 7.18. The normalized spacial score (nSPS) is 11.7. The number of para-hydroxylation sites is 1. The maximum atomic E-state index is 13.4. The van der Waals surface area contributed by atoms with Crippen molar-refractivity contribution in [1.29, 1.82) is 0 Å². The molecule has 0 saturated heterocycles. The minimum Gasteiger partial charge on any atom is -0.324 e. The Balaban J connectivity index is 1.90. The molecular formula is C24H20F3N3O3S. The molecular weight excluding hydrogens is 467 g/mol. The molecule has 4 aromatic rings. The second-order valence-corrected chi connectivity index (χ2v) is 9.09. The largest absolute Gasteiger partial charge is 0.416 e. The monoisotopic (exact) mass is 487 g/mol. The van der Waals surface area contributed by atoms with Crippen LogP contribution in [0.3, 0.4) is 0 Å². The molecule has 0 aliphatic heterocycles. The summed E-state index contributed by atoms with van der Waals surface area (Å²) in [6.45, 7) is 4.88. The van der Waals surface area contributed by atoms with Crippen molar-refractivity contribution in [3.8, 4) is 5.69 Å². The van der Waals surface area contributed by atoms with E-state index in [1.165, 1.54) is 17.4 Å². The van der Waals surface area contributed by atoms with Gasteiger partial charge < -0.3 is 5.32 Å². The number of carbonyl (C=O) groups is 1. The van der Waals surface area contributed by atoms with Crippen LogP contribution < -0.4 is 16.6 Å². The first-order chi connectivity index (χ1) is 16.0. The van der Waals surface area contributed by atoms with E-state index in [9.17, 15) is 27.6 Å². The number of anilines is 1. The van der Waals surface area contributed by atoms with Gasteiger partial charge in [0.1, 0.15) is 11.4 Å². The van der Waals surface area contributed by atoms with Gasteiger partial charge in [0.25, 0.3) is 5.56 Å². The van der Waals surface area contributed by atoms with E-state index in [0.29, 0.717) is 20.6 Å². The van der Waals surface area contributed by atoms with Crippen LogP contribution in [0, 0.1) is 20.8 Å². The Bertz CT molecular complexity index is 1550. The topological polar surface area (TPSA) is 73.1 Å². The number of nitrogens with one attached hydrogen (secondary N) is 1. The minimum atomic E-state index is -4.65.